The van der Waals surface area contributed by atoms with Crippen LogP contribution >= 0.6 is 22.7 Å². The number of thiazole rings is 1. The van der Waals surface area contributed by atoms with Gasteiger partial charge in [0.2, 0.25) is 0 Å². The molecular weight excluding hydrogens is 358 g/mol. The summed E-state index contributed by atoms with van der Waals surface area (Å²) in [6.07, 6.45) is 1.72. The molecule has 25 heavy (non-hydrogen) atoms. The molecule has 3 rings (SSSR count). The first-order valence-electron chi connectivity index (χ1n) is 7.51. The van der Waals surface area contributed by atoms with Crippen LogP contribution < -0.4 is 5.32 Å². The van der Waals surface area contributed by atoms with Crippen LogP contribution in [0.4, 0.5) is 0 Å². The molecule has 0 unspecified atom stereocenters. The van der Waals surface area contributed by atoms with Gasteiger partial charge in [-0.1, -0.05) is 12.1 Å². The Balaban J connectivity index is 1.43. The van der Waals surface area contributed by atoms with Crippen molar-refractivity contribution in [3.8, 4) is 10.7 Å². The van der Waals surface area contributed by atoms with Crippen LogP contribution in [-0.4, -0.2) is 28.5 Å². The van der Waals surface area contributed by atoms with Crippen molar-refractivity contribution in [1.82, 2.24) is 15.3 Å². The van der Waals surface area contributed by atoms with Crippen molar-refractivity contribution in [3.05, 3.63) is 57.9 Å². The maximum Gasteiger partial charge on any atom is 0.312 e. The van der Waals surface area contributed by atoms with Crippen LogP contribution in [0.2, 0.25) is 0 Å². The number of amides is 1. The van der Waals surface area contributed by atoms with E-state index in [1.807, 2.05) is 35.7 Å². The number of esters is 1. The fourth-order valence-electron chi connectivity index (χ4n) is 1.99. The van der Waals surface area contributed by atoms with E-state index in [0.717, 1.165) is 15.6 Å². The maximum absolute atomic E-state index is 11.8. The number of nitrogens with one attached hydrogen (secondary N) is 1. The third-order valence-corrected chi connectivity index (χ3v) is 4.96. The third kappa shape index (κ3) is 5.20. The molecule has 0 aliphatic carbocycles. The van der Waals surface area contributed by atoms with Crippen molar-refractivity contribution in [2.45, 2.75) is 13.0 Å². The molecule has 3 heterocycles. The largest absolute Gasteiger partial charge is 0.455 e. The summed E-state index contributed by atoms with van der Waals surface area (Å²) in [5.74, 6) is -0.807. The lowest BCUT2D eigenvalue weighted by molar-refractivity contribution is -0.147. The molecule has 0 aliphatic rings. The highest BCUT2D eigenvalue weighted by Gasteiger charge is 2.12. The fraction of sp³-hybridized carbons (Fsp3) is 0.176. The van der Waals surface area contributed by atoms with Gasteiger partial charge in [-0.15, -0.1) is 22.7 Å². The van der Waals surface area contributed by atoms with Crippen LogP contribution in [-0.2, 0) is 27.3 Å². The molecular formula is C17H15N3O3S2. The number of ether oxygens (including phenoxy) is 1. The Hall–Kier alpha value is -2.58. The third-order valence-electron chi connectivity index (χ3n) is 3.17. The number of nitrogens with zero attached hydrogens (tertiary/aromatic N) is 2. The van der Waals surface area contributed by atoms with Crippen molar-refractivity contribution < 1.29 is 14.3 Å². The Morgan fingerprint density at radius 1 is 1.16 bits per heavy atom. The second-order valence-corrected chi connectivity index (χ2v) is 6.94. The molecule has 3 aromatic rings. The molecule has 0 saturated carbocycles. The second-order valence-electron chi connectivity index (χ2n) is 5.05. The Labute approximate surface area is 152 Å². The number of pyridine rings is 1. The molecule has 0 fully saturated rings. The first-order valence-corrected chi connectivity index (χ1v) is 9.27. The standard InChI is InChI=1S/C17H15N3O3S2/c21-15(19-9-13-4-3-7-24-13)10-23-16(22)8-12-11-25-17(20-12)14-5-1-2-6-18-14/h1-7,11H,8-10H2,(H,19,21). The summed E-state index contributed by atoms with van der Waals surface area (Å²) in [5.41, 5.74) is 1.37. The van der Waals surface area contributed by atoms with Crippen LogP contribution in [0.3, 0.4) is 0 Å². The lowest BCUT2D eigenvalue weighted by Crippen LogP contribution is -2.28. The van der Waals surface area contributed by atoms with Crippen LogP contribution in [0.25, 0.3) is 10.7 Å². The topological polar surface area (TPSA) is 81.2 Å². The lowest BCUT2D eigenvalue weighted by atomic mass is 10.3. The average Bonchev–Trinajstić information content (AvgIpc) is 3.31. The van der Waals surface area contributed by atoms with E-state index in [-0.39, 0.29) is 18.9 Å². The van der Waals surface area contributed by atoms with E-state index in [2.05, 4.69) is 15.3 Å². The van der Waals surface area contributed by atoms with Crippen LogP contribution in [0.1, 0.15) is 10.6 Å². The number of carbonyl (C=O) groups excluding carboxylic acids is 2. The SMILES string of the molecule is O=C(COC(=O)Cc1csc(-c2ccccn2)n1)NCc1cccs1. The number of rotatable bonds is 7. The molecule has 8 heteroatoms. The van der Waals surface area contributed by atoms with E-state index in [1.165, 1.54) is 11.3 Å². The van der Waals surface area contributed by atoms with Gasteiger partial charge in [0, 0.05) is 16.5 Å². The molecule has 128 valence electrons. The van der Waals surface area contributed by atoms with Crippen LogP contribution in [0, 0.1) is 0 Å². The predicted molar refractivity (Wildman–Crippen MR) is 96.2 cm³/mol. The summed E-state index contributed by atoms with van der Waals surface area (Å²) in [7, 11) is 0. The fourth-order valence-corrected chi connectivity index (χ4v) is 3.43. The summed E-state index contributed by atoms with van der Waals surface area (Å²) in [6, 6.07) is 9.42. The van der Waals surface area contributed by atoms with Crippen molar-refractivity contribution in [2.75, 3.05) is 6.61 Å². The van der Waals surface area contributed by atoms with Gasteiger partial charge in [-0.2, -0.15) is 0 Å². The number of hydrogen-bond acceptors (Lipinski definition) is 7. The highest BCUT2D eigenvalue weighted by atomic mass is 32.1. The molecule has 0 aliphatic heterocycles. The summed E-state index contributed by atoms with van der Waals surface area (Å²) >= 11 is 2.97. The molecule has 0 bridgehead atoms. The zero-order valence-electron chi connectivity index (χ0n) is 13.2. The smallest absolute Gasteiger partial charge is 0.312 e. The highest BCUT2D eigenvalue weighted by Crippen LogP contribution is 2.21. The first-order chi connectivity index (χ1) is 12.2. The zero-order valence-corrected chi connectivity index (χ0v) is 14.8. The van der Waals surface area contributed by atoms with E-state index >= 15 is 0 Å². The van der Waals surface area contributed by atoms with Gasteiger partial charge in [0.1, 0.15) is 5.01 Å². The van der Waals surface area contributed by atoms with Gasteiger partial charge in [0.05, 0.1) is 24.4 Å². The molecule has 0 spiro atoms. The number of carbonyl (C=O) groups is 2. The highest BCUT2D eigenvalue weighted by molar-refractivity contribution is 7.13. The van der Waals surface area contributed by atoms with Gasteiger partial charge >= 0.3 is 5.97 Å². The molecule has 0 aromatic carbocycles. The van der Waals surface area contributed by atoms with Crippen molar-refractivity contribution >= 4 is 34.6 Å². The van der Waals surface area contributed by atoms with E-state index < -0.39 is 5.97 Å². The van der Waals surface area contributed by atoms with Crippen LogP contribution in [0.15, 0.2) is 47.3 Å². The van der Waals surface area contributed by atoms with Crippen molar-refractivity contribution in [1.29, 1.82) is 0 Å². The lowest BCUT2D eigenvalue weighted by Gasteiger charge is -2.05. The van der Waals surface area contributed by atoms with Gasteiger partial charge in [-0.05, 0) is 23.6 Å². The molecule has 3 aromatic heterocycles. The van der Waals surface area contributed by atoms with Gasteiger partial charge in [-0.3, -0.25) is 14.6 Å². The molecule has 1 N–H and O–H groups in total. The number of thiophene rings is 1. The summed E-state index contributed by atoms with van der Waals surface area (Å²) < 4.78 is 4.99. The van der Waals surface area contributed by atoms with Crippen molar-refractivity contribution in [3.63, 3.8) is 0 Å². The zero-order chi connectivity index (χ0) is 17.5. The van der Waals surface area contributed by atoms with E-state index in [4.69, 9.17) is 4.74 Å². The minimum atomic E-state index is -0.482. The number of hydrogen-bond donors (Lipinski definition) is 1. The first kappa shape index (κ1) is 17.2. The average molecular weight is 373 g/mol. The van der Waals surface area contributed by atoms with Gasteiger partial charge < -0.3 is 10.1 Å². The summed E-state index contributed by atoms with van der Waals surface area (Å²) in [6.45, 7) is 0.148. The summed E-state index contributed by atoms with van der Waals surface area (Å²) in [5, 5.41) is 7.18. The van der Waals surface area contributed by atoms with Gasteiger partial charge in [-0.25, -0.2) is 4.98 Å². The van der Waals surface area contributed by atoms with E-state index in [0.29, 0.717) is 12.2 Å². The monoisotopic (exact) mass is 373 g/mol. The van der Waals surface area contributed by atoms with Gasteiger partial charge in [0.15, 0.2) is 6.61 Å². The van der Waals surface area contributed by atoms with E-state index in [9.17, 15) is 9.59 Å². The molecule has 0 radical (unpaired) electrons. The quantitative estimate of drug-likeness (QED) is 0.644. The minimum Gasteiger partial charge on any atom is -0.455 e. The normalized spacial score (nSPS) is 10.4. The molecule has 1 amide bonds. The molecule has 6 nitrogen and oxygen atoms in total. The molecule has 0 saturated heterocycles. The predicted octanol–water partition coefficient (Wildman–Crippen LogP) is 2.67. The molecule has 0 atom stereocenters. The Morgan fingerprint density at radius 2 is 2.08 bits per heavy atom. The minimum absolute atomic E-state index is 0.0293. The Bertz CT molecular complexity index is 832. The Kier molecular flexibility index (Phi) is 5.86. The van der Waals surface area contributed by atoms with Crippen LogP contribution in [0.5, 0.6) is 0 Å². The summed E-state index contributed by atoms with van der Waals surface area (Å²) in [4.78, 5) is 33.2. The Morgan fingerprint density at radius 3 is 2.84 bits per heavy atom. The van der Waals surface area contributed by atoms with E-state index in [1.54, 1.807) is 22.9 Å². The van der Waals surface area contributed by atoms with Gasteiger partial charge in [0.25, 0.3) is 5.91 Å². The second kappa shape index (κ2) is 8.50. The number of aromatic nitrogens is 2. The van der Waals surface area contributed by atoms with Crippen molar-refractivity contribution in [2.24, 2.45) is 0 Å². The maximum atomic E-state index is 11.8.